The number of carbonyl (C=O) groups is 1. The number of aryl methyl sites for hydroxylation is 2. The second-order valence-corrected chi connectivity index (χ2v) is 5.45. The SMILES string of the molecule is CSCc1ccc(C(=O)NCCCc2cnn(C)c2)o1. The number of nitrogens with zero attached hydrogens (tertiary/aromatic N) is 2. The van der Waals surface area contributed by atoms with Crippen molar-refractivity contribution >= 4 is 17.7 Å². The molecule has 0 aliphatic heterocycles. The van der Waals surface area contributed by atoms with Gasteiger partial charge in [-0.15, -0.1) is 0 Å². The lowest BCUT2D eigenvalue weighted by Gasteiger charge is -2.02. The maximum atomic E-state index is 11.8. The van der Waals surface area contributed by atoms with Gasteiger partial charge in [-0.3, -0.25) is 9.48 Å². The maximum absolute atomic E-state index is 11.8. The van der Waals surface area contributed by atoms with E-state index in [4.69, 9.17) is 4.42 Å². The van der Waals surface area contributed by atoms with Gasteiger partial charge < -0.3 is 9.73 Å². The molecule has 2 aromatic rings. The van der Waals surface area contributed by atoms with Gasteiger partial charge in [0, 0.05) is 19.8 Å². The van der Waals surface area contributed by atoms with Gasteiger partial charge in [0.05, 0.1) is 11.9 Å². The number of furan rings is 1. The molecule has 20 heavy (non-hydrogen) atoms. The third kappa shape index (κ3) is 4.16. The normalized spacial score (nSPS) is 10.7. The van der Waals surface area contributed by atoms with Gasteiger partial charge in [-0.2, -0.15) is 16.9 Å². The van der Waals surface area contributed by atoms with E-state index < -0.39 is 0 Å². The maximum Gasteiger partial charge on any atom is 0.286 e. The first-order valence-corrected chi connectivity index (χ1v) is 7.92. The second-order valence-electron chi connectivity index (χ2n) is 4.58. The molecule has 0 aliphatic rings. The third-order valence-corrected chi connectivity index (χ3v) is 3.43. The van der Waals surface area contributed by atoms with E-state index in [2.05, 4.69) is 10.4 Å². The molecule has 0 atom stereocenters. The van der Waals surface area contributed by atoms with Crippen LogP contribution in [0.2, 0.25) is 0 Å². The van der Waals surface area contributed by atoms with Gasteiger partial charge in [0.25, 0.3) is 5.91 Å². The van der Waals surface area contributed by atoms with Crippen LogP contribution in [0.25, 0.3) is 0 Å². The van der Waals surface area contributed by atoms with Crippen molar-refractivity contribution in [3.05, 3.63) is 41.6 Å². The molecule has 0 saturated heterocycles. The van der Waals surface area contributed by atoms with E-state index in [1.54, 1.807) is 22.5 Å². The zero-order valence-corrected chi connectivity index (χ0v) is 12.6. The lowest BCUT2D eigenvalue weighted by molar-refractivity contribution is 0.0924. The Morgan fingerprint density at radius 3 is 3.05 bits per heavy atom. The average Bonchev–Trinajstić information content (AvgIpc) is 3.04. The van der Waals surface area contributed by atoms with Crippen LogP contribution in [0.1, 0.15) is 28.3 Å². The summed E-state index contributed by atoms with van der Waals surface area (Å²) in [5.41, 5.74) is 1.18. The molecule has 1 N–H and O–H groups in total. The molecule has 5 nitrogen and oxygen atoms in total. The highest BCUT2D eigenvalue weighted by atomic mass is 32.2. The molecule has 0 bridgehead atoms. The highest BCUT2D eigenvalue weighted by molar-refractivity contribution is 7.97. The Labute approximate surface area is 122 Å². The van der Waals surface area contributed by atoms with Crippen LogP contribution in [0, 0.1) is 0 Å². The molecule has 0 saturated carbocycles. The molecule has 0 radical (unpaired) electrons. The molecule has 0 aromatic carbocycles. The van der Waals surface area contributed by atoms with Crippen LogP contribution >= 0.6 is 11.8 Å². The van der Waals surface area contributed by atoms with Crippen LogP contribution in [0.5, 0.6) is 0 Å². The summed E-state index contributed by atoms with van der Waals surface area (Å²) in [7, 11) is 1.90. The lowest BCUT2D eigenvalue weighted by Crippen LogP contribution is -2.24. The van der Waals surface area contributed by atoms with Crippen molar-refractivity contribution in [1.82, 2.24) is 15.1 Å². The third-order valence-electron chi connectivity index (χ3n) is 2.86. The van der Waals surface area contributed by atoms with Crippen LogP contribution in [0.3, 0.4) is 0 Å². The van der Waals surface area contributed by atoms with Crippen LogP contribution in [-0.2, 0) is 19.2 Å². The second kappa shape index (κ2) is 7.19. The Bertz CT molecular complexity index is 562. The fourth-order valence-electron chi connectivity index (χ4n) is 1.90. The van der Waals surface area contributed by atoms with Crippen LogP contribution < -0.4 is 5.32 Å². The highest BCUT2D eigenvalue weighted by Gasteiger charge is 2.10. The Kier molecular flexibility index (Phi) is 5.29. The summed E-state index contributed by atoms with van der Waals surface area (Å²) in [5.74, 6) is 1.85. The van der Waals surface area contributed by atoms with Crippen molar-refractivity contribution in [2.24, 2.45) is 7.05 Å². The molecule has 0 spiro atoms. The van der Waals surface area contributed by atoms with Gasteiger partial charge in [-0.1, -0.05) is 0 Å². The number of hydrogen-bond donors (Lipinski definition) is 1. The van der Waals surface area contributed by atoms with Crippen molar-refractivity contribution < 1.29 is 9.21 Å². The summed E-state index contributed by atoms with van der Waals surface area (Å²) < 4.78 is 7.24. The van der Waals surface area contributed by atoms with Crippen molar-refractivity contribution in [1.29, 1.82) is 0 Å². The van der Waals surface area contributed by atoms with Gasteiger partial charge in [0.15, 0.2) is 5.76 Å². The first-order chi connectivity index (χ1) is 9.69. The number of thioether (sulfide) groups is 1. The first-order valence-electron chi connectivity index (χ1n) is 6.52. The van der Waals surface area contributed by atoms with E-state index in [0.29, 0.717) is 12.3 Å². The minimum atomic E-state index is -0.150. The molecule has 0 aliphatic carbocycles. The summed E-state index contributed by atoms with van der Waals surface area (Å²) in [5, 5.41) is 6.98. The molecule has 2 heterocycles. The number of amides is 1. The Morgan fingerprint density at radius 1 is 1.50 bits per heavy atom. The van der Waals surface area contributed by atoms with E-state index in [1.807, 2.05) is 31.8 Å². The monoisotopic (exact) mass is 293 g/mol. The topological polar surface area (TPSA) is 60.1 Å². The summed E-state index contributed by atoms with van der Waals surface area (Å²) in [4.78, 5) is 11.8. The van der Waals surface area contributed by atoms with Crippen molar-refractivity contribution in [2.45, 2.75) is 18.6 Å². The summed E-state index contributed by atoms with van der Waals surface area (Å²) >= 11 is 1.67. The Morgan fingerprint density at radius 2 is 2.35 bits per heavy atom. The molecular formula is C14H19N3O2S. The summed E-state index contributed by atoms with van der Waals surface area (Å²) in [6.07, 6.45) is 7.63. The van der Waals surface area contributed by atoms with Gasteiger partial charge in [-0.05, 0) is 36.8 Å². The quantitative estimate of drug-likeness (QED) is 0.795. The molecule has 2 aromatic heterocycles. The molecular weight excluding hydrogens is 274 g/mol. The zero-order valence-electron chi connectivity index (χ0n) is 11.8. The van der Waals surface area contributed by atoms with Crippen molar-refractivity contribution in [3.63, 3.8) is 0 Å². The fraction of sp³-hybridized carbons (Fsp3) is 0.429. The van der Waals surface area contributed by atoms with E-state index in [0.717, 1.165) is 24.4 Å². The molecule has 108 valence electrons. The molecule has 2 rings (SSSR count). The largest absolute Gasteiger partial charge is 0.455 e. The number of rotatable bonds is 7. The molecule has 0 fully saturated rings. The first kappa shape index (κ1) is 14.7. The van der Waals surface area contributed by atoms with Crippen LogP contribution in [-0.4, -0.2) is 28.5 Å². The smallest absolute Gasteiger partial charge is 0.286 e. The van der Waals surface area contributed by atoms with Crippen molar-refractivity contribution in [3.8, 4) is 0 Å². The predicted molar refractivity (Wildman–Crippen MR) is 79.8 cm³/mol. The zero-order chi connectivity index (χ0) is 14.4. The lowest BCUT2D eigenvalue weighted by atomic mass is 10.2. The highest BCUT2D eigenvalue weighted by Crippen LogP contribution is 2.13. The summed E-state index contributed by atoms with van der Waals surface area (Å²) in [6.45, 7) is 0.631. The Balaban J connectivity index is 1.71. The van der Waals surface area contributed by atoms with Gasteiger partial charge in [0.2, 0.25) is 0 Å². The number of aromatic nitrogens is 2. The molecule has 0 unspecified atom stereocenters. The van der Waals surface area contributed by atoms with Gasteiger partial charge in [-0.25, -0.2) is 0 Å². The molecule has 1 amide bonds. The fourth-order valence-corrected chi connectivity index (χ4v) is 2.34. The number of nitrogens with one attached hydrogen (secondary N) is 1. The number of carbonyl (C=O) groups excluding carboxylic acids is 1. The summed E-state index contributed by atoms with van der Waals surface area (Å²) in [6, 6.07) is 3.57. The average molecular weight is 293 g/mol. The van der Waals surface area contributed by atoms with Crippen LogP contribution in [0.15, 0.2) is 28.9 Å². The Hall–Kier alpha value is -1.69. The predicted octanol–water partition coefficient (Wildman–Crippen LogP) is 2.24. The number of hydrogen-bond acceptors (Lipinski definition) is 4. The van der Waals surface area contributed by atoms with Gasteiger partial charge >= 0.3 is 0 Å². The van der Waals surface area contributed by atoms with Crippen LogP contribution in [0.4, 0.5) is 0 Å². The standard InChI is InChI=1S/C14H19N3O2S/c1-17-9-11(8-16-17)4-3-7-15-14(18)13-6-5-12(19-13)10-20-2/h5-6,8-9H,3-4,7,10H2,1-2H3,(H,15,18). The van der Waals surface area contributed by atoms with E-state index in [9.17, 15) is 4.79 Å². The molecule has 6 heteroatoms. The van der Waals surface area contributed by atoms with E-state index >= 15 is 0 Å². The minimum Gasteiger partial charge on any atom is -0.455 e. The van der Waals surface area contributed by atoms with E-state index in [-0.39, 0.29) is 5.91 Å². The minimum absolute atomic E-state index is 0.150. The van der Waals surface area contributed by atoms with Gasteiger partial charge in [0.1, 0.15) is 5.76 Å². The van der Waals surface area contributed by atoms with Crippen molar-refractivity contribution in [2.75, 3.05) is 12.8 Å². The van der Waals surface area contributed by atoms with E-state index in [1.165, 1.54) is 5.56 Å².